The van der Waals surface area contributed by atoms with E-state index in [9.17, 15) is 4.79 Å². The Hall–Kier alpha value is -2.53. The molecule has 1 amide bonds. The average molecular weight is 368 g/mol. The average Bonchev–Trinajstić information content (AvgIpc) is 3.20. The summed E-state index contributed by atoms with van der Waals surface area (Å²) in [5.41, 5.74) is 2.82. The third kappa shape index (κ3) is 4.80. The predicted molar refractivity (Wildman–Crippen MR) is 107 cm³/mol. The van der Waals surface area contributed by atoms with Crippen molar-refractivity contribution in [3.63, 3.8) is 0 Å². The molecular formula is C22H28N2O3. The number of benzene rings is 2. The monoisotopic (exact) mass is 368 g/mol. The molecule has 1 atom stereocenters. The number of para-hydroxylation sites is 1. The van der Waals surface area contributed by atoms with Crippen molar-refractivity contribution in [2.45, 2.75) is 25.5 Å². The van der Waals surface area contributed by atoms with Gasteiger partial charge in [0, 0.05) is 39.5 Å². The molecule has 144 valence electrons. The van der Waals surface area contributed by atoms with E-state index in [1.54, 1.807) is 7.11 Å². The van der Waals surface area contributed by atoms with Crippen LogP contribution in [0.25, 0.3) is 0 Å². The van der Waals surface area contributed by atoms with E-state index in [-0.39, 0.29) is 12.0 Å². The fraction of sp³-hybridized carbons (Fsp3) is 0.409. The van der Waals surface area contributed by atoms with Crippen molar-refractivity contribution in [2.24, 2.45) is 0 Å². The highest BCUT2D eigenvalue weighted by atomic mass is 16.5. The maximum absolute atomic E-state index is 13.3. The molecule has 0 aromatic heterocycles. The summed E-state index contributed by atoms with van der Waals surface area (Å²) in [6.07, 6.45) is 2.15. The quantitative estimate of drug-likeness (QED) is 0.749. The summed E-state index contributed by atoms with van der Waals surface area (Å²) < 4.78 is 11.2. The van der Waals surface area contributed by atoms with Crippen molar-refractivity contribution in [1.82, 2.24) is 4.90 Å². The first kappa shape index (κ1) is 19.2. The summed E-state index contributed by atoms with van der Waals surface area (Å²) in [5.74, 6) is 0.572. The lowest BCUT2D eigenvalue weighted by molar-refractivity contribution is 0.0505. The molecule has 1 fully saturated rings. The lowest BCUT2D eigenvalue weighted by Crippen LogP contribution is -2.37. The zero-order valence-corrected chi connectivity index (χ0v) is 16.4. The molecule has 1 aliphatic rings. The third-order valence-corrected chi connectivity index (χ3v) is 4.90. The zero-order valence-electron chi connectivity index (χ0n) is 16.4. The van der Waals surface area contributed by atoms with Gasteiger partial charge >= 0.3 is 0 Å². The summed E-state index contributed by atoms with van der Waals surface area (Å²) in [6.45, 7) is 1.91. The van der Waals surface area contributed by atoms with E-state index in [1.165, 1.54) is 0 Å². The highest BCUT2D eigenvalue weighted by Crippen LogP contribution is 2.23. The maximum Gasteiger partial charge on any atom is 0.258 e. The number of nitrogens with zero attached hydrogens (tertiary/aromatic N) is 2. The minimum atomic E-state index is -0.0281. The zero-order chi connectivity index (χ0) is 19.2. The van der Waals surface area contributed by atoms with Gasteiger partial charge < -0.3 is 19.3 Å². The molecule has 27 heavy (non-hydrogen) atoms. The number of anilines is 1. The second-order valence-electron chi connectivity index (χ2n) is 7.08. The van der Waals surface area contributed by atoms with Crippen LogP contribution in [-0.2, 0) is 11.3 Å². The molecule has 5 nitrogen and oxygen atoms in total. The van der Waals surface area contributed by atoms with E-state index in [0.29, 0.717) is 24.4 Å². The summed E-state index contributed by atoms with van der Waals surface area (Å²) in [4.78, 5) is 17.2. The van der Waals surface area contributed by atoms with Crippen LogP contribution in [0.2, 0.25) is 0 Å². The molecule has 3 rings (SSSR count). The summed E-state index contributed by atoms with van der Waals surface area (Å²) >= 11 is 0. The summed E-state index contributed by atoms with van der Waals surface area (Å²) in [5, 5.41) is 0. The minimum absolute atomic E-state index is 0.0281. The van der Waals surface area contributed by atoms with Crippen LogP contribution in [-0.4, -0.2) is 51.3 Å². The van der Waals surface area contributed by atoms with Crippen molar-refractivity contribution in [3.05, 3.63) is 59.7 Å². The Bertz CT molecular complexity index is 752. The van der Waals surface area contributed by atoms with Gasteiger partial charge in [0.2, 0.25) is 0 Å². The van der Waals surface area contributed by atoms with Crippen LogP contribution >= 0.6 is 0 Å². The van der Waals surface area contributed by atoms with E-state index in [0.717, 1.165) is 30.7 Å². The van der Waals surface area contributed by atoms with Crippen molar-refractivity contribution in [2.75, 3.05) is 39.3 Å². The van der Waals surface area contributed by atoms with E-state index in [1.807, 2.05) is 43.3 Å². The van der Waals surface area contributed by atoms with Gasteiger partial charge in [-0.25, -0.2) is 0 Å². The Morgan fingerprint density at radius 3 is 2.52 bits per heavy atom. The molecule has 0 spiro atoms. The van der Waals surface area contributed by atoms with Crippen LogP contribution in [0.15, 0.2) is 48.5 Å². The second kappa shape index (κ2) is 8.91. The maximum atomic E-state index is 13.3. The van der Waals surface area contributed by atoms with Crippen LogP contribution in [0.3, 0.4) is 0 Å². The lowest BCUT2D eigenvalue weighted by atomic mass is 10.1. The lowest BCUT2D eigenvalue weighted by Gasteiger charge is -2.26. The molecule has 5 heteroatoms. The predicted octanol–water partition coefficient (Wildman–Crippen LogP) is 3.58. The molecular weight excluding hydrogens is 340 g/mol. The molecule has 2 aromatic carbocycles. The molecule has 1 aliphatic heterocycles. The first-order valence-electron chi connectivity index (χ1n) is 9.38. The standard InChI is InChI=1S/C22H28N2O3/c1-23(2)18-12-10-17(11-13-18)15-24(16-19-7-6-14-27-19)22(25)20-8-4-5-9-21(20)26-3/h4-5,8-13,19H,6-7,14-16H2,1-3H3/t19-/m1/s1. The highest BCUT2D eigenvalue weighted by Gasteiger charge is 2.25. The first-order valence-corrected chi connectivity index (χ1v) is 9.38. The number of ether oxygens (including phenoxy) is 2. The van der Waals surface area contributed by atoms with Crippen LogP contribution in [0.4, 0.5) is 5.69 Å². The van der Waals surface area contributed by atoms with E-state index in [4.69, 9.17) is 9.47 Å². The molecule has 0 radical (unpaired) electrons. The van der Waals surface area contributed by atoms with E-state index >= 15 is 0 Å². The number of methoxy groups -OCH3 is 1. The van der Waals surface area contributed by atoms with Crippen LogP contribution in [0.5, 0.6) is 5.75 Å². The topological polar surface area (TPSA) is 42.0 Å². The van der Waals surface area contributed by atoms with Crippen molar-refractivity contribution in [3.8, 4) is 5.75 Å². The summed E-state index contributed by atoms with van der Waals surface area (Å²) in [7, 11) is 5.63. The molecule has 2 aromatic rings. The Labute approximate surface area is 161 Å². The number of carbonyl (C=O) groups is 1. The Kier molecular flexibility index (Phi) is 6.35. The van der Waals surface area contributed by atoms with Gasteiger partial charge in [-0.15, -0.1) is 0 Å². The minimum Gasteiger partial charge on any atom is -0.496 e. The number of hydrogen-bond acceptors (Lipinski definition) is 4. The molecule has 1 saturated heterocycles. The largest absolute Gasteiger partial charge is 0.496 e. The Morgan fingerprint density at radius 2 is 1.89 bits per heavy atom. The SMILES string of the molecule is COc1ccccc1C(=O)N(Cc1ccc(N(C)C)cc1)C[C@H]1CCCO1. The number of hydrogen-bond donors (Lipinski definition) is 0. The molecule has 0 saturated carbocycles. The number of amides is 1. The second-order valence-corrected chi connectivity index (χ2v) is 7.08. The van der Waals surface area contributed by atoms with Crippen molar-refractivity contribution >= 4 is 11.6 Å². The number of rotatable bonds is 7. The van der Waals surface area contributed by atoms with Crippen LogP contribution < -0.4 is 9.64 Å². The third-order valence-electron chi connectivity index (χ3n) is 4.90. The fourth-order valence-corrected chi connectivity index (χ4v) is 3.36. The van der Waals surface area contributed by atoms with Gasteiger partial charge in [0.05, 0.1) is 18.8 Å². The van der Waals surface area contributed by atoms with Crippen LogP contribution in [0, 0.1) is 0 Å². The van der Waals surface area contributed by atoms with Gasteiger partial charge in [-0.05, 0) is 42.7 Å². The van der Waals surface area contributed by atoms with Gasteiger partial charge in [-0.2, -0.15) is 0 Å². The smallest absolute Gasteiger partial charge is 0.258 e. The van der Waals surface area contributed by atoms with Gasteiger partial charge in [0.25, 0.3) is 5.91 Å². The molecule has 0 unspecified atom stereocenters. The molecule has 0 aliphatic carbocycles. The van der Waals surface area contributed by atoms with Crippen molar-refractivity contribution < 1.29 is 14.3 Å². The van der Waals surface area contributed by atoms with Gasteiger partial charge in [0.1, 0.15) is 5.75 Å². The summed E-state index contributed by atoms with van der Waals surface area (Å²) in [6, 6.07) is 15.7. The Morgan fingerprint density at radius 1 is 1.15 bits per heavy atom. The van der Waals surface area contributed by atoms with Gasteiger partial charge in [0.15, 0.2) is 0 Å². The number of carbonyl (C=O) groups excluding carboxylic acids is 1. The molecule has 0 bridgehead atoms. The normalized spacial score (nSPS) is 16.2. The highest BCUT2D eigenvalue weighted by molar-refractivity contribution is 5.97. The van der Waals surface area contributed by atoms with Crippen molar-refractivity contribution in [1.29, 1.82) is 0 Å². The fourth-order valence-electron chi connectivity index (χ4n) is 3.36. The Balaban J connectivity index is 1.82. The van der Waals surface area contributed by atoms with Gasteiger partial charge in [-0.1, -0.05) is 24.3 Å². The molecule has 0 N–H and O–H groups in total. The van der Waals surface area contributed by atoms with Gasteiger partial charge in [-0.3, -0.25) is 4.79 Å². The molecule has 1 heterocycles. The van der Waals surface area contributed by atoms with Crippen LogP contribution in [0.1, 0.15) is 28.8 Å². The van der Waals surface area contributed by atoms with E-state index < -0.39 is 0 Å². The first-order chi connectivity index (χ1) is 13.1. The van der Waals surface area contributed by atoms with E-state index in [2.05, 4.69) is 29.2 Å².